The average Bonchev–Trinajstić information content (AvgIpc) is 2.52. The Bertz CT molecular complexity index is 829. The van der Waals surface area contributed by atoms with Crippen molar-refractivity contribution in [2.45, 2.75) is 26.4 Å². The zero-order chi connectivity index (χ0) is 18.2. The second kappa shape index (κ2) is 6.67. The van der Waals surface area contributed by atoms with Gasteiger partial charge in [0.2, 0.25) is 5.91 Å². The fraction of sp³-hybridized carbons (Fsp3) is 0.368. The van der Waals surface area contributed by atoms with Gasteiger partial charge in [-0.1, -0.05) is 28.1 Å². The summed E-state index contributed by atoms with van der Waals surface area (Å²) in [6, 6.07) is 12.0. The van der Waals surface area contributed by atoms with E-state index in [0.717, 1.165) is 20.9 Å². The quantitative estimate of drug-likeness (QED) is 0.715. The Balaban J connectivity index is 1.74. The average molecular weight is 405 g/mol. The molecule has 1 heterocycles. The molecule has 1 aliphatic rings. The third-order valence-corrected chi connectivity index (χ3v) is 4.46. The molecule has 0 aromatic heterocycles. The number of benzene rings is 2. The van der Waals surface area contributed by atoms with Crippen LogP contribution in [0.1, 0.15) is 20.8 Å². The first-order valence-corrected chi connectivity index (χ1v) is 9.00. The van der Waals surface area contributed by atoms with Gasteiger partial charge in [-0.05, 0) is 55.8 Å². The molecule has 1 aliphatic heterocycles. The van der Waals surface area contributed by atoms with E-state index in [9.17, 15) is 9.59 Å². The van der Waals surface area contributed by atoms with Crippen LogP contribution in [0.5, 0.6) is 0 Å². The zero-order valence-corrected chi connectivity index (χ0v) is 16.2. The SMILES string of the molecule is CC(C)(C)OC(=O)N1CCN(c2ccc3cc(Br)ccc3c2)C(=O)C1. The Hall–Kier alpha value is -2.08. The second-order valence-electron chi connectivity index (χ2n) is 7.12. The zero-order valence-electron chi connectivity index (χ0n) is 14.6. The molecule has 0 aliphatic carbocycles. The van der Waals surface area contributed by atoms with Gasteiger partial charge in [-0.2, -0.15) is 0 Å². The van der Waals surface area contributed by atoms with Crippen LogP contribution in [0.25, 0.3) is 10.8 Å². The monoisotopic (exact) mass is 404 g/mol. The Morgan fingerprint density at radius 1 is 1.08 bits per heavy atom. The minimum atomic E-state index is -0.566. The molecule has 2 aromatic rings. The highest BCUT2D eigenvalue weighted by atomic mass is 79.9. The molecule has 1 fully saturated rings. The molecule has 3 rings (SSSR count). The minimum absolute atomic E-state index is 0.0350. The summed E-state index contributed by atoms with van der Waals surface area (Å²) < 4.78 is 6.37. The summed E-state index contributed by atoms with van der Waals surface area (Å²) in [6.45, 7) is 6.40. The molecule has 25 heavy (non-hydrogen) atoms. The van der Waals surface area contributed by atoms with Crippen molar-refractivity contribution in [2.75, 3.05) is 24.5 Å². The van der Waals surface area contributed by atoms with Crippen molar-refractivity contribution >= 4 is 44.4 Å². The predicted molar refractivity (Wildman–Crippen MR) is 102 cm³/mol. The van der Waals surface area contributed by atoms with E-state index in [1.807, 2.05) is 57.2 Å². The van der Waals surface area contributed by atoms with Crippen molar-refractivity contribution in [1.29, 1.82) is 0 Å². The highest BCUT2D eigenvalue weighted by molar-refractivity contribution is 9.10. The number of piperazine rings is 1. The molecule has 0 bridgehead atoms. The van der Waals surface area contributed by atoms with Gasteiger partial charge in [0, 0.05) is 23.2 Å². The summed E-state index contributed by atoms with van der Waals surface area (Å²) >= 11 is 3.46. The van der Waals surface area contributed by atoms with Crippen LogP contribution >= 0.6 is 15.9 Å². The summed E-state index contributed by atoms with van der Waals surface area (Å²) in [5.41, 5.74) is 0.285. The number of nitrogens with zero attached hydrogens (tertiary/aromatic N) is 2. The Labute approximate surface area is 155 Å². The van der Waals surface area contributed by atoms with Crippen LogP contribution in [0.3, 0.4) is 0 Å². The van der Waals surface area contributed by atoms with Crippen molar-refractivity contribution in [2.24, 2.45) is 0 Å². The van der Waals surface area contributed by atoms with Crippen molar-refractivity contribution in [3.63, 3.8) is 0 Å². The lowest BCUT2D eigenvalue weighted by molar-refractivity contribution is -0.121. The number of hydrogen-bond acceptors (Lipinski definition) is 3. The van der Waals surface area contributed by atoms with Gasteiger partial charge >= 0.3 is 6.09 Å². The second-order valence-corrected chi connectivity index (χ2v) is 8.04. The van der Waals surface area contributed by atoms with Gasteiger partial charge < -0.3 is 9.64 Å². The number of carbonyl (C=O) groups excluding carboxylic acids is 2. The lowest BCUT2D eigenvalue weighted by Crippen LogP contribution is -2.53. The van der Waals surface area contributed by atoms with Gasteiger partial charge in [-0.3, -0.25) is 9.69 Å². The maximum absolute atomic E-state index is 12.5. The standard InChI is InChI=1S/C19H21BrN2O3/c1-19(2,3)25-18(24)21-8-9-22(17(23)12-21)16-7-5-13-10-15(20)6-4-14(13)11-16/h4-7,10-11H,8-9,12H2,1-3H3. The number of hydrogen-bond donors (Lipinski definition) is 0. The van der Waals surface area contributed by atoms with Crippen molar-refractivity contribution in [3.8, 4) is 0 Å². The van der Waals surface area contributed by atoms with E-state index in [2.05, 4.69) is 15.9 Å². The largest absolute Gasteiger partial charge is 0.444 e. The summed E-state index contributed by atoms with van der Waals surface area (Å²) in [4.78, 5) is 27.9. The maximum Gasteiger partial charge on any atom is 0.410 e. The first-order chi connectivity index (χ1) is 11.7. The van der Waals surface area contributed by atoms with E-state index in [-0.39, 0.29) is 12.5 Å². The van der Waals surface area contributed by atoms with Gasteiger partial charge in [0.05, 0.1) is 0 Å². The van der Waals surface area contributed by atoms with E-state index in [1.165, 1.54) is 4.90 Å². The van der Waals surface area contributed by atoms with E-state index < -0.39 is 11.7 Å². The number of fused-ring (bicyclic) bond motifs is 1. The van der Waals surface area contributed by atoms with Crippen LogP contribution < -0.4 is 4.90 Å². The Morgan fingerprint density at radius 3 is 2.44 bits per heavy atom. The molecule has 2 aromatic carbocycles. The number of halogens is 1. The van der Waals surface area contributed by atoms with E-state index in [1.54, 1.807) is 4.90 Å². The number of ether oxygens (including phenoxy) is 1. The molecule has 132 valence electrons. The van der Waals surface area contributed by atoms with Gasteiger partial charge in [-0.25, -0.2) is 4.79 Å². The molecular formula is C19H21BrN2O3. The third-order valence-electron chi connectivity index (χ3n) is 3.97. The van der Waals surface area contributed by atoms with Crippen molar-refractivity contribution in [3.05, 3.63) is 40.9 Å². The van der Waals surface area contributed by atoms with Crippen LogP contribution in [-0.4, -0.2) is 42.1 Å². The molecule has 0 radical (unpaired) electrons. The molecule has 5 nitrogen and oxygen atoms in total. The predicted octanol–water partition coefficient (Wildman–Crippen LogP) is 4.19. The van der Waals surface area contributed by atoms with Crippen molar-refractivity contribution in [1.82, 2.24) is 4.90 Å². The van der Waals surface area contributed by atoms with Crippen molar-refractivity contribution < 1.29 is 14.3 Å². The van der Waals surface area contributed by atoms with Gasteiger partial charge in [0.25, 0.3) is 0 Å². The molecule has 0 unspecified atom stereocenters. The van der Waals surface area contributed by atoms with E-state index in [4.69, 9.17) is 4.74 Å². The van der Waals surface area contributed by atoms with Crippen LogP contribution in [0.2, 0.25) is 0 Å². The molecule has 0 spiro atoms. The summed E-state index contributed by atoms with van der Waals surface area (Å²) in [5, 5.41) is 2.18. The third kappa shape index (κ3) is 4.12. The van der Waals surface area contributed by atoms with Crippen LogP contribution in [0, 0.1) is 0 Å². The minimum Gasteiger partial charge on any atom is -0.444 e. The molecule has 2 amide bonds. The molecule has 1 saturated heterocycles. The molecule has 6 heteroatoms. The smallest absolute Gasteiger partial charge is 0.410 e. The normalized spacial score (nSPS) is 15.6. The Kier molecular flexibility index (Phi) is 4.73. The molecule has 0 N–H and O–H groups in total. The fourth-order valence-electron chi connectivity index (χ4n) is 2.80. The molecular weight excluding hydrogens is 384 g/mol. The van der Waals surface area contributed by atoms with Crippen LogP contribution in [0.15, 0.2) is 40.9 Å². The lowest BCUT2D eigenvalue weighted by atomic mass is 10.1. The highest BCUT2D eigenvalue weighted by Crippen LogP contribution is 2.26. The van der Waals surface area contributed by atoms with Gasteiger partial charge in [0.15, 0.2) is 0 Å². The van der Waals surface area contributed by atoms with Crippen LogP contribution in [0.4, 0.5) is 10.5 Å². The molecule has 0 saturated carbocycles. The summed E-state index contributed by atoms with van der Waals surface area (Å²) in [7, 11) is 0. The van der Waals surface area contributed by atoms with Crippen LogP contribution in [-0.2, 0) is 9.53 Å². The first-order valence-electron chi connectivity index (χ1n) is 8.20. The lowest BCUT2D eigenvalue weighted by Gasteiger charge is -2.35. The summed E-state index contributed by atoms with van der Waals surface area (Å²) in [5.74, 6) is -0.103. The summed E-state index contributed by atoms with van der Waals surface area (Å²) in [6.07, 6.45) is -0.441. The molecule has 0 atom stereocenters. The topological polar surface area (TPSA) is 49.9 Å². The first kappa shape index (κ1) is 17.7. The highest BCUT2D eigenvalue weighted by Gasteiger charge is 2.30. The Morgan fingerprint density at radius 2 is 1.76 bits per heavy atom. The van der Waals surface area contributed by atoms with E-state index in [0.29, 0.717) is 13.1 Å². The maximum atomic E-state index is 12.5. The fourth-order valence-corrected chi connectivity index (χ4v) is 3.18. The van der Waals surface area contributed by atoms with E-state index >= 15 is 0 Å². The van der Waals surface area contributed by atoms with Gasteiger partial charge in [-0.15, -0.1) is 0 Å². The number of amides is 2. The number of anilines is 1. The number of carbonyl (C=O) groups is 2. The van der Waals surface area contributed by atoms with Gasteiger partial charge in [0.1, 0.15) is 12.1 Å². The number of rotatable bonds is 1.